The van der Waals surface area contributed by atoms with E-state index < -0.39 is 0 Å². The Morgan fingerprint density at radius 1 is 1.35 bits per heavy atom. The van der Waals surface area contributed by atoms with Crippen LogP contribution in [0.2, 0.25) is 0 Å². The van der Waals surface area contributed by atoms with Crippen molar-refractivity contribution in [1.29, 1.82) is 0 Å². The van der Waals surface area contributed by atoms with Crippen LogP contribution in [0.1, 0.15) is 18.2 Å². The molecule has 0 saturated carbocycles. The standard InChI is InChI=1S/C13H16N2OS/c1-2-16-8-11-5-3-4-6-13(11)14-7-12-9-17-10-15-12/h3-6,9-10,14H,2,7-8H2,1H3. The van der Waals surface area contributed by atoms with Crippen LogP contribution in [0.25, 0.3) is 0 Å². The van der Waals surface area contributed by atoms with E-state index in [-0.39, 0.29) is 0 Å². The van der Waals surface area contributed by atoms with E-state index in [2.05, 4.69) is 27.8 Å². The Hall–Kier alpha value is -1.39. The molecule has 2 aromatic rings. The smallest absolute Gasteiger partial charge is 0.0795 e. The number of nitrogens with one attached hydrogen (secondary N) is 1. The van der Waals surface area contributed by atoms with Crippen LogP contribution < -0.4 is 5.32 Å². The Balaban J connectivity index is 1.99. The zero-order chi connectivity index (χ0) is 11.9. The zero-order valence-corrected chi connectivity index (χ0v) is 10.7. The lowest BCUT2D eigenvalue weighted by Crippen LogP contribution is -2.03. The molecule has 90 valence electrons. The highest BCUT2D eigenvalue weighted by molar-refractivity contribution is 7.07. The van der Waals surface area contributed by atoms with Gasteiger partial charge in [0.05, 0.1) is 24.4 Å². The number of benzene rings is 1. The number of rotatable bonds is 6. The molecule has 4 heteroatoms. The minimum atomic E-state index is 0.650. The van der Waals surface area contributed by atoms with Gasteiger partial charge in [0.25, 0.3) is 0 Å². The molecule has 0 amide bonds. The van der Waals surface area contributed by atoms with Crippen molar-refractivity contribution in [3.8, 4) is 0 Å². The first kappa shape index (κ1) is 12.1. The fraction of sp³-hybridized carbons (Fsp3) is 0.308. The molecule has 0 aliphatic carbocycles. The third-order valence-electron chi connectivity index (χ3n) is 2.42. The minimum Gasteiger partial charge on any atom is -0.379 e. The second kappa shape index (κ2) is 6.37. The van der Waals surface area contributed by atoms with Crippen molar-refractivity contribution in [2.24, 2.45) is 0 Å². The van der Waals surface area contributed by atoms with E-state index in [0.717, 1.165) is 24.5 Å². The van der Waals surface area contributed by atoms with Gasteiger partial charge in [0.2, 0.25) is 0 Å². The van der Waals surface area contributed by atoms with Gasteiger partial charge in [0.15, 0.2) is 0 Å². The number of aromatic nitrogens is 1. The largest absolute Gasteiger partial charge is 0.379 e. The number of anilines is 1. The summed E-state index contributed by atoms with van der Waals surface area (Å²) in [4.78, 5) is 4.25. The second-order valence-electron chi connectivity index (χ2n) is 3.63. The Kier molecular flexibility index (Phi) is 4.53. The van der Waals surface area contributed by atoms with E-state index in [4.69, 9.17) is 4.74 Å². The van der Waals surface area contributed by atoms with Crippen molar-refractivity contribution in [2.45, 2.75) is 20.1 Å². The van der Waals surface area contributed by atoms with Gasteiger partial charge in [-0.15, -0.1) is 11.3 Å². The highest BCUT2D eigenvalue weighted by Crippen LogP contribution is 2.17. The summed E-state index contributed by atoms with van der Waals surface area (Å²) in [6.45, 7) is 4.15. The van der Waals surface area contributed by atoms with Crippen LogP contribution in [0, 0.1) is 0 Å². The molecule has 1 heterocycles. The maximum atomic E-state index is 5.44. The molecular weight excluding hydrogens is 232 g/mol. The monoisotopic (exact) mass is 248 g/mol. The fourth-order valence-electron chi connectivity index (χ4n) is 1.54. The summed E-state index contributed by atoms with van der Waals surface area (Å²) in [7, 11) is 0. The molecule has 1 aromatic carbocycles. The summed E-state index contributed by atoms with van der Waals surface area (Å²) < 4.78 is 5.44. The summed E-state index contributed by atoms with van der Waals surface area (Å²) in [6, 6.07) is 8.21. The predicted molar refractivity (Wildman–Crippen MR) is 71.2 cm³/mol. The topological polar surface area (TPSA) is 34.1 Å². The van der Waals surface area contributed by atoms with Gasteiger partial charge in [0, 0.05) is 23.2 Å². The van der Waals surface area contributed by atoms with Gasteiger partial charge in [-0.2, -0.15) is 0 Å². The Labute approximate surface area is 105 Å². The van der Waals surface area contributed by atoms with Gasteiger partial charge in [-0.25, -0.2) is 4.98 Å². The number of nitrogens with zero attached hydrogens (tertiary/aromatic N) is 1. The molecule has 0 atom stereocenters. The molecule has 0 fully saturated rings. The zero-order valence-electron chi connectivity index (χ0n) is 9.85. The van der Waals surface area contributed by atoms with Crippen LogP contribution in [0.4, 0.5) is 5.69 Å². The van der Waals surface area contributed by atoms with Crippen molar-refractivity contribution in [2.75, 3.05) is 11.9 Å². The van der Waals surface area contributed by atoms with Gasteiger partial charge >= 0.3 is 0 Å². The van der Waals surface area contributed by atoms with E-state index in [9.17, 15) is 0 Å². The summed E-state index contributed by atoms with van der Waals surface area (Å²) in [6.07, 6.45) is 0. The lowest BCUT2D eigenvalue weighted by Gasteiger charge is -2.10. The van der Waals surface area contributed by atoms with Crippen LogP contribution in [-0.4, -0.2) is 11.6 Å². The third-order valence-corrected chi connectivity index (χ3v) is 3.06. The molecular formula is C13H16N2OS. The molecule has 0 radical (unpaired) electrons. The molecule has 0 unspecified atom stereocenters. The molecule has 2 rings (SSSR count). The molecule has 0 bridgehead atoms. The van der Waals surface area contributed by atoms with E-state index in [1.165, 1.54) is 5.56 Å². The van der Waals surface area contributed by atoms with E-state index in [1.807, 2.05) is 24.6 Å². The quantitative estimate of drug-likeness (QED) is 0.851. The van der Waals surface area contributed by atoms with Gasteiger partial charge in [-0.3, -0.25) is 0 Å². The van der Waals surface area contributed by atoms with Crippen molar-refractivity contribution >= 4 is 17.0 Å². The summed E-state index contributed by atoms with van der Waals surface area (Å²) in [5.74, 6) is 0. The molecule has 0 saturated heterocycles. The van der Waals surface area contributed by atoms with Gasteiger partial charge in [-0.1, -0.05) is 18.2 Å². The van der Waals surface area contributed by atoms with E-state index in [1.54, 1.807) is 11.3 Å². The van der Waals surface area contributed by atoms with Crippen LogP contribution in [0.15, 0.2) is 35.2 Å². The van der Waals surface area contributed by atoms with Crippen molar-refractivity contribution in [3.05, 3.63) is 46.4 Å². The molecule has 3 nitrogen and oxygen atoms in total. The maximum absolute atomic E-state index is 5.44. The minimum absolute atomic E-state index is 0.650. The Morgan fingerprint density at radius 2 is 2.24 bits per heavy atom. The first-order chi connectivity index (χ1) is 8.40. The van der Waals surface area contributed by atoms with Gasteiger partial charge in [-0.05, 0) is 13.0 Å². The number of hydrogen-bond acceptors (Lipinski definition) is 4. The van der Waals surface area contributed by atoms with E-state index in [0.29, 0.717) is 6.61 Å². The van der Waals surface area contributed by atoms with Crippen LogP contribution in [-0.2, 0) is 17.9 Å². The number of ether oxygens (including phenoxy) is 1. The predicted octanol–water partition coefficient (Wildman–Crippen LogP) is 3.29. The van der Waals surface area contributed by atoms with Gasteiger partial charge in [0.1, 0.15) is 0 Å². The average Bonchev–Trinajstić information content (AvgIpc) is 2.88. The van der Waals surface area contributed by atoms with Crippen LogP contribution in [0.3, 0.4) is 0 Å². The van der Waals surface area contributed by atoms with Crippen LogP contribution >= 0.6 is 11.3 Å². The fourth-order valence-corrected chi connectivity index (χ4v) is 2.10. The lowest BCUT2D eigenvalue weighted by atomic mass is 10.2. The molecule has 0 aliphatic rings. The van der Waals surface area contributed by atoms with Crippen molar-refractivity contribution < 1.29 is 4.74 Å². The van der Waals surface area contributed by atoms with Crippen molar-refractivity contribution in [1.82, 2.24) is 4.98 Å². The highest BCUT2D eigenvalue weighted by atomic mass is 32.1. The van der Waals surface area contributed by atoms with Crippen LogP contribution in [0.5, 0.6) is 0 Å². The molecule has 0 aliphatic heterocycles. The molecule has 0 spiro atoms. The molecule has 1 N–H and O–H groups in total. The first-order valence-corrected chi connectivity index (χ1v) is 6.61. The molecule has 17 heavy (non-hydrogen) atoms. The van der Waals surface area contributed by atoms with Crippen molar-refractivity contribution in [3.63, 3.8) is 0 Å². The second-order valence-corrected chi connectivity index (χ2v) is 4.35. The number of para-hydroxylation sites is 1. The Bertz CT molecular complexity index is 442. The van der Waals surface area contributed by atoms with E-state index >= 15 is 0 Å². The summed E-state index contributed by atoms with van der Waals surface area (Å²) >= 11 is 1.62. The third kappa shape index (κ3) is 3.54. The van der Waals surface area contributed by atoms with Gasteiger partial charge < -0.3 is 10.1 Å². The lowest BCUT2D eigenvalue weighted by molar-refractivity contribution is 0.134. The number of thiazole rings is 1. The summed E-state index contributed by atoms with van der Waals surface area (Å²) in [5.41, 5.74) is 5.23. The Morgan fingerprint density at radius 3 is 3.00 bits per heavy atom. The SMILES string of the molecule is CCOCc1ccccc1NCc1cscn1. The highest BCUT2D eigenvalue weighted by Gasteiger charge is 2.01. The first-order valence-electron chi connectivity index (χ1n) is 5.66. The average molecular weight is 248 g/mol. The normalized spacial score (nSPS) is 10.4. The summed E-state index contributed by atoms with van der Waals surface area (Å²) in [5, 5.41) is 5.44. The number of hydrogen-bond donors (Lipinski definition) is 1. The molecule has 1 aromatic heterocycles. The maximum Gasteiger partial charge on any atom is 0.0795 e.